The maximum Gasteiger partial charge on any atom is 0.0701 e. The third-order valence-electron chi connectivity index (χ3n) is 3.10. The van der Waals surface area contributed by atoms with Crippen molar-refractivity contribution >= 4 is 19.8 Å². The van der Waals surface area contributed by atoms with Crippen LogP contribution in [0.25, 0.3) is 0 Å². The molecule has 0 amide bonds. The lowest BCUT2D eigenvalue weighted by Gasteiger charge is -2.26. The number of allylic oxidation sites excluding steroid dienone is 2. The molecule has 0 nitrogen and oxygen atoms in total. The van der Waals surface area contributed by atoms with E-state index in [0.29, 0.717) is 0 Å². The summed E-state index contributed by atoms with van der Waals surface area (Å²) in [6, 6.07) is 10.8. The normalized spacial score (nSPS) is 24.9. The maximum absolute atomic E-state index is 3.94. The van der Waals surface area contributed by atoms with Crippen LogP contribution in [-0.4, -0.2) is 8.07 Å². The predicted octanol–water partition coefficient (Wildman–Crippen LogP) is 5.52. The molecule has 0 spiro atoms. The molecule has 0 aliphatic carbocycles. The van der Waals surface area contributed by atoms with Gasteiger partial charge in [-0.25, -0.2) is 0 Å². The van der Waals surface area contributed by atoms with Gasteiger partial charge in [0.2, 0.25) is 0 Å². The second-order valence-electron chi connectivity index (χ2n) is 6.10. The van der Waals surface area contributed by atoms with Gasteiger partial charge in [0.15, 0.2) is 0 Å². The van der Waals surface area contributed by atoms with Crippen molar-refractivity contribution in [3.8, 4) is 0 Å². The van der Waals surface area contributed by atoms with Gasteiger partial charge in [-0.3, -0.25) is 0 Å². The summed E-state index contributed by atoms with van der Waals surface area (Å²) in [5, 5.41) is 0. The van der Waals surface area contributed by atoms with E-state index in [4.69, 9.17) is 0 Å². The van der Waals surface area contributed by atoms with Crippen molar-refractivity contribution in [2.75, 3.05) is 0 Å². The average molecular weight is 287 g/mol. The molecule has 0 N–H and O–H groups in total. The summed E-state index contributed by atoms with van der Waals surface area (Å²) < 4.78 is 0.0501. The minimum absolute atomic E-state index is 0.0501. The summed E-state index contributed by atoms with van der Waals surface area (Å²) in [6.45, 7) is 11.1. The first-order valence-electron chi connectivity index (χ1n) is 6.73. The van der Waals surface area contributed by atoms with Crippen molar-refractivity contribution in [1.82, 2.24) is 0 Å². The van der Waals surface area contributed by atoms with E-state index in [1.54, 1.807) is 0 Å². The van der Waals surface area contributed by atoms with Gasteiger partial charge in [0.25, 0.3) is 0 Å². The summed E-state index contributed by atoms with van der Waals surface area (Å²) in [5.41, 5.74) is 3.86. The number of hydrogen-bond donors (Lipinski definition) is 0. The molecule has 1 aliphatic rings. The minimum atomic E-state index is -1.17. The second kappa shape index (κ2) is 5.56. The molecule has 100 valence electrons. The minimum Gasteiger partial charge on any atom is -0.111 e. The Morgan fingerprint density at radius 1 is 1.21 bits per heavy atom. The van der Waals surface area contributed by atoms with Crippen molar-refractivity contribution < 1.29 is 0 Å². The molecule has 0 bridgehead atoms. The SMILES string of the molecule is C=CCC1(c2ccccc2)C=C/C(=C/[Si](C)(C)C)S1. The molecule has 0 saturated carbocycles. The van der Waals surface area contributed by atoms with Gasteiger partial charge in [0.1, 0.15) is 0 Å². The monoisotopic (exact) mass is 286 g/mol. The van der Waals surface area contributed by atoms with Gasteiger partial charge in [-0.15, -0.1) is 18.3 Å². The van der Waals surface area contributed by atoms with Gasteiger partial charge in [-0.2, -0.15) is 0 Å². The van der Waals surface area contributed by atoms with Crippen molar-refractivity contribution in [3.05, 3.63) is 71.3 Å². The summed E-state index contributed by atoms with van der Waals surface area (Å²) >= 11 is 1.98. The maximum atomic E-state index is 3.94. The van der Waals surface area contributed by atoms with E-state index >= 15 is 0 Å². The highest BCUT2D eigenvalue weighted by molar-refractivity contribution is 8.04. The quantitative estimate of drug-likeness (QED) is 0.518. The molecule has 2 rings (SSSR count). The first-order chi connectivity index (χ1) is 8.95. The Balaban J connectivity index is 2.34. The van der Waals surface area contributed by atoms with Crippen LogP contribution in [0.15, 0.2) is 65.7 Å². The lowest BCUT2D eigenvalue weighted by Crippen LogP contribution is -2.17. The van der Waals surface area contributed by atoms with Crippen LogP contribution in [0.1, 0.15) is 12.0 Å². The van der Waals surface area contributed by atoms with Gasteiger partial charge in [0.05, 0.1) is 12.8 Å². The molecule has 1 aromatic rings. The Hall–Kier alpha value is -0.993. The molecular weight excluding hydrogens is 264 g/mol. The average Bonchev–Trinajstić information content (AvgIpc) is 2.73. The largest absolute Gasteiger partial charge is 0.111 e. The molecule has 0 radical (unpaired) electrons. The zero-order valence-corrected chi connectivity index (χ0v) is 13.8. The molecule has 0 aromatic heterocycles. The highest BCUT2D eigenvalue weighted by Crippen LogP contribution is 2.50. The molecule has 1 atom stereocenters. The standard InChI is InChI=1S/C17H22SSi/c1-5-12-17(15-9-7-6-8-10-15)13-11-16(18-17)14-19(2,3)4/h5-11,13-14H,1,12H2,2-4H3/b16-14-. The number of rotatable bonds is 4. The molecule has 0 fully saturated rings. The first kappa shape index (κ1) is 14.4. The van der Waals surface area contributed by atoms with Gasteiger partial charge in [0, 0.05) is 4.91 Å². The zero-order valence-electron chi connectivity index (χ0n) is 12.0. The van der Waals surface area contributed by atoms with E-state index in [9.17, 15) is 0 Å². The predicted molar refractivity (Wildman–Crippen MR) is 91.1 cm³/mol. The fourth-order valence-electron chi connectivity index (χ4n) is 2.32. The van der Waals surface area contributed by atoms with Crippen molar-refractivity contribution in [1.29, 1.82) is 0 Å². The van der Waals surface area contributed by atoms with Crippen molar-refractivity contribution in [2.24, 2.45) is 0 Å². The topological polar surface area (TPSA) is 0 Å². The fraction of sp³-hybridized carbons (Fsp3) is 0.294. The number of benzene rings is 1. The van der Waals surface area contributed by atoms with Gasteiger partial charge < -0.3 is 0 Å². The van der Waals surface area contributed by atoms with E-state index in [2.05, 4.69) is 74.4 Å². The van der Waals surface area contributed by atoms with E-state index in [1.165, 1.54) is 10.5 Å². The van der Waals surface area contributed by atoms with Crippen molar-refractivity contribution in [2.45, 2.75) is 30.8 Å². The lowest BCUT2D eigenvalue weighted by atomic mass is 9.94. The molecule has 1 heterocycles. The third kappa shape index (κ3) is 3.52. The molecular formula is C17H22SSi. The van der Waals surface area contributed by atoms with Gasteiger partial charge >= 0.3 is 0 Å². The summed E-state index contributed by atoms with van der Waals surface area (Å²) in [4.78, 5) is 1.42. The Kier molecular flexibility index (Phi) is 4.22. The molecule has 1 aliphatic heterocycles. The van der Waals surface area contributed by atoms with Crippen LogP contribution in [0.2, 0.25) is 19.6 Å². The highest BCUT2D eigenvalue weighted by Gasteiger charge is 2.34. The van der Waals surface area contributed by atoms with Crippen LogP contribution in [-0.2, 0) is 4.75 Å². The Labute approximate surface area is 122 Å². The molecule has 19 heavy (non-hydrogen) atoms. The lowest BCUT2D eigenvalue weighted by molar-refractivity contribution is 0.798. The van der Waals surface area contributed by atoms with Crippen molar-refractivity contribution in [3.63, 3.8) is 0 Å². The van der Waals surface area contributed by atoms with E-state index in [0.717, 1.165) is 6.42 Å². The van der Waals surface area contributed by atoms with E-state index in [-0.39, 0.29) is 4.75 Å². The highest BCUT2D eigenvalue weighted by atomic mass is 32.2. The Morgan fingerprint density at radius 2 is 1.89 bits per heavy atom. The molecule has 2 heteroatoms. The second-order valence-corrected chi connectivity index (χ2v) is 12.5. The Morgan fingerprint density at radius 3 is 2.47 bits per heavy atom. The van der Waals surface area contributed by atoms with Gasteiger partial charge in [-0.05, 0) is 12.0 Å². The molecule has 1 aromatic carbocycles. The molecule has 1 unspecified atom stereocenters. The van der Waals surface area contributed by atoms with E-state index < -0.39 is 8.07 Å². The Bertz CT molecular complexity index is 508. The van der Waals surface area contributed by atoms with Crippen LogP contribution in [0.3, 0.4) is 0 Å². The fourth-order valence-corrected chi connectivity index (χ4v) is 5.71. The van der Waals surface area contributed by atoms with Crippen LogP contribution in [0.4, 0.5) is 0 Å². The first-order valence-corrected chi connectivity index (χ1v) is 11.1. The summed E-state index contributed by atoms with van der Waals surface area (Å²) in [6.07, 6.45) is 7.64. The van der Waals surface area contributed by atoms with E-state index in [1.807, 2.05) is 17.8 Å². The van der Waals surface area contributed by atoms with Crippen LogP contribution >= 0.6 is 11.8 Å². The number of hydrogen-bond acceptors (Lipinski definition) is 1. The van der Waals surface area contributed by atoms with Crippen LogP contribution < -0.4 is 0 Å². The third-order valence-corrected chi connectivity index (χ3v) is 5.88. The summed E-state index contributed by atoms with van der Waals surface area (Å²) in [5.74, 6) is 0. The van der Waals surface area contributed by atoms with Gasteiger partial charge in [-0.1, -0.05) is 73.9 Å². The van der Waals surface area contributed by atoms with Crippen LogP contribution in [0.5, 0.6) is 0 Å². The summed E-state index contributed by atoms with van der Waals surface area (Å²) in [7, 11) is -1.17. The smallest absolute Gasteiger partial charge is 0.0701 e. The van der Waals surface area contributed by atoms with Crippen LogP contribution in [0, 0.1) is 0 Å². The number of thioether (sulfide) groups is 1. The zero-order chi connectivity index (χ0) is 13.9. The molecule has 0 saturated heterocycles.